The lowest BCUT2D eigenvalue weighted by Gasteiger charge is -2.12. The lowest BCUT2D eigenvalue weighted by Crippen LogP contribution is -2.46. The predicted octanol–water partition coefficient (Wildman–Crippen LogP) is 2.68. The van der Waals surface area contributed by atoms with E-state index in [1.165, 1.54) is 13.2 Å². The van der Waals surface area contributed by atoms with Crippen molar-refractivity contribution in [2.75, 3.05) is 20.3 Å². The fourth-order valence-electron chi connectivity index (χ4n) is 2.64. The van der Waals surface area contributed by atoms with Crippen LogP contribution in [-0.4, -0.2) is 38.0 Å². The monoisotopic (exact) mass is 427 g/mol. The number of methoxy groups -OCH3 is 1. The Balaban J connectivity index is 1.85. The summed E-state index contributed by atoms with van der Waals surface area (Å²) >= 11 is 0. The number of rotatable bonds is 9. The van der Waals surface area contributed by atoms with E-state index in [2.05, 4.69) is 23.1 Å². The molecule has 0 heterocycles. The van der Waals surface area contributed by atoms with Crippen molar-refractivity contribution >= 4 is 17.7 Å². The zero-order valence-corrected chi connectivity index (χ0v) is 18.3. The Labute approximate surface area is 182 Å². The fraction of sp³-hybridized carbons (Fsp3) is 0.348. The maximum absolute atomic E-state index is 12.3. The van der Waals surface area contributed by atoms with Crippen LogP contribution in [0.3, 0.4) is 0 Å². The molecule has 31 heavy (non-hydrogen) atoms. The Kier molecular flexibility index (Phi) is 8.87. The van der Waals surface area contributed by atoms with Crippen molar-refractivity contribution in [3.63, 3.8) is 0 Å². The van der Waals surface area contributed by atoms with Gasteiger partial charge >= 0.3 is 0 Å². The normalized spacial score (nSPS) is 10.2. The molecule has 2 rings (SSSR count). The molecular formula is C23H29N3O5. The number of hydrogen-bond donors (Lipinski definition) is 3. The standard InChI is InChI=1S/C23H29N3O5/c1-5-6-11-31-19-10-9-18(13-20(19)30-4)23(29)26-25-21(27)14-24-22(28)17-8-7-15(2)16(3)12-17/h7-10,12-13H,5-6,11,14H2,1-4H3,(H,24,28)(H,25,27)(H,26,29). The van der Waals surface area contributed by atoms with Crippen LogP contribution < -0.4 is 25.6 Å². The Morgan fingerprint density at radius 1 is 0.871 bits per heavy atom. The van der Waals surface area contributed by atoms with E-state index in [0.717, 1.165) is 24.0 Å². The number of unbranched alkanes of at least 4 members (excludes halogenated alkanes) is 1. The molecule has 0 saturated carbocycles. The third kappa shape index (κ3) is 7.02. The van der Waals surface area contributed by atoms with Crippen molar-refractivity contribution < 1.29 is 23.9 Å². The topological polar surface area (TPSA) is 106 Å². The highest BCUT2D eigenvalue weighted by Gasteiger charge is 2.13. The highest BCUT2D eigenvalue weighted by Crippen LogP contribution is 2.28. The summed E-state index contributed by atoms with van der Waals surface area (Å²) in [6.45, 7) is 6.21. The van der Waals surface area contributed by atoms with Gasteiger partial charge in [-0.1, -0.05) is 19.4 Å². The van der Waals surface area contributed by atoms with Crippen molar-refractivity contribution in [3.05, 3.63) is 58.7 Å². The maximum Gasteiger partial charge on any atom is 0.269 e. The minimum atomic E-state index is -0.558. The Morgan fingerprint density at radius 2 is 1.58 bits per heavy atom. The molecule has 0 atom stereocenters. The minimum absolute atomic E-state index is 0.278. The molecule has 0 aliphatic carbocycles. The van der Waals surface area contributed by atoms with E-state index in [1.54, 1.807) is 24.3 Å². The molecule has 0 bridgehead atoms. The molecule has 0 radical (unpaired) electrons. The van der Waals surface area contributed by atoms with Gasteiger partial charge in [-0.15, -0.1) is 0 Å². The average Bonchev–Trinajstić information content (AvgIpc) is 2.77. The molecule has 0 fully saturated rings. The van der Waals surface area contributed by atoms with Gasteiger partial charge in [-0.25, -0.2) is 0 Å². The van der Waals surface area contributed by atoms with E-state index in [4.69, 9.17) is 9.47 Å². The van der Waals surface area contributed by atoms with E-state index < -0.39 is 11.8 Å². The quantitative estimate of drug-likeness (QED) is 0.421. The summed E-state index contributed by atoms with van der Waals surface area (Å²) in [4.78, 5) is 36.4. The molecule has 8 nitrogen and oxygen atoms in total. The molecule has 3 amide bonds. The summed E-state index contributed by atoms with van der Waals surface area (Å²) in [5, 5.41) is 2.52. The van der Waals surface area contributed by atoms with Gasteiger partial charge in [0.25, 0.3) is 17.7 Å². The van der Waals surface area contributed by atoms with Crippen molar-refractivity contribution in [1.82, 2.24) is 16.2 Å². The molecule has 0 aromatic heterocycles. The third-order valence-electron chi connectivity index (χ3n) is 4.68. The first-order chi connectivity index (χ1) is 14.8. The second-order valence-corrected chi connectivity index (χ2v) is 7.05. The molecule has 3 N–H and O–H groups in total. The van der Waals surface area contributed by atoms with E-state index in [-0.39, 0.29) is 12.5 Å². The van der Waals surface area contributed by atoms with Gasteiger partial charge in [0.1, 0.15) is 0 Å². The highest BCUT2D eigenvalue weighted by atomic mass is 16.5. The van der Waals surface area contributed by atoms with Crippen LogP contribution in [0.2, 0.25) is 0 Å². The smallest absolute Gasteiger partial charge is 0.269 e. The summed E-state index contributed by atoms with van der Waals surface area (Å²) in [5.74, 6) is -0.474. The van der Waals surface area contributed by atoms with Crippen molar-refractivity contribution in [1.29, 1.82) is 0 Å². The van der Waals surface area contributed by atoms with Crippen molar-refractivity contribution in [2.45, 2.75) is 33.6 Å². The second kappa shape index (κ2) is 11.6. The molecule has 0 spiro atoms. The number of benzene rings is 2. The van der Waals surface area contributed by atoms with Crippen LogP contribution in [0, 0.1) is 13.8 Å². The molecule has 0 saturated heterocycles. The van der Waals surface area contributed by atoms with Crippen molar-refractivity contribution in [3.8, 4) is 11.5 Å². The number of amides is 3. The van der Waals surface area contributed by atoms with E-state index in [1.807, 2.05) is 19.9 Å². The van der Waals surface area contributed by atoms with Crippen LogP contribution in [0.15, 0.2) is 36.4 Å². The summed E-state index contributed by atoms with van der Waals surface area (Å²) in [6, 6.07) is 10.1. The second-order valence-electron chi connectivity index (χ2n) is 7.05. The van der Waals surface area contributed by atoms with Gasteiger partial charge in [-0.2, -0.15) is 0 Å². The van der Waals surface area contributed by atoms with Crippen LogP contribution in [0.5, 0.6) is 11.5 Å². The summed E-state index contributed by atoms with van der Waals surface area (Å²) in [7, 11) is 1.49. The van der Waals surface area contributed by atoms with Gasteiger partial charge in [0.05, 0.1) is 20.3 Å². The molecule has 2 aromatic carbocycles. The summed E-state index contributed by atoms with van der Waals surface area (Å²) < 4.78 is 10.9. The molecule has 8 heteroatoms. The van der Waals surface area contributed by atoms with Crippen LogP contribution in [0.4, 0.5) is 0 Å². The van der Waals surface area contributed by atoms with Gasteiger partial charge in [-0.3, -0.25) is 25.2 Å². The van der Waals surface area contributed by atoms with Crippen molar-refractivity contribution in [2.24, 2.45) is 0 Å². The molecule has 166 valence electrons. The Bertz CT molecular complexity index is 943. The zero-order valence-electron chi connectivity index (χ0n) is 18.3. The number of carbonyl (C=O) groups excluding carboxylic acids is 3. The van der Waals surface area contributed by atoms with Gasteiger partial charge < -0.3 is 14.8 Å². The SMILES string of the molecule is CCCCOc1ccc(C(=O)NNC(=O)CNC(=O)c2ccc(C)c(C)c2)cc1OC. The minimum Gasteiger partial charge on any atom is -0.493 e. The zero-order chi connectivity index (χ0) is 22.8. The lowest BCUT2D eigenvalue weighted by molar-refractivity contribution is -0.120. The Hall–Kier alpha value is -3.55. The first kappa shape index (κ1) is 23.7. The summed E-state index contributed by atoms with van der Waals surface area (Å²) in [6.07, 6.45) is 1.92. The number of aryl methyl sites for hydroxylation is 2. The molecular weight excluding hydrogens is 398 g/mol. The first-order valence-corrected chi connectivity index (χ1v) is 10.1. The molecule has 0 unspecified atom stereocenters. The average molecular weight is 428 g/mol. The number of carbonyl (C=O) groups is 3. The van der Waals surface area contributed by atoms with Gasteiger partial charge in [-0.05, 0) is 61.7 Å². The molecule has 0 aliphatic rings. The van der Waals surface area contributed by atoms with Crippen LogP contribution >= 0.6 is 0 Å². The number of hydrazine groups is 1. The van der Waals surface area contributed by atoms with Crippen LogP contribution in [-0.2, 0) is 4.79 Å². The number of ether oxygens (including phenoxy) is 2. The highest BCUT2D eigenvalue weighted by molar-refractivity contribution is 5.98. The van der Waals surface area contributed by atoms with E-state index >= 15 is 0 Å². The Morgan fingerprint density at radius 3 is 2.26 bits per heavy atom. The maximum atomic E-state index is 12.3. The van der Waals surface area contributed by atoms with E-state index in [0.29, 0.717) is 29.2 Å². The first-order valence-electron chi connectivity index (χ1n) is 10.1. The van der Waals surface area contributed by atoms with Gasteiger partial charge in [0.15, 0.2) is 11.5 Å². The third-order valence-corrected chi connectivity index (χ3v) is 4.68. The largest absolute Gasteiger partial charge is 0.493 e. The van der Waals surface area contributed by atoms with Gasteiger partial charge in [0, 0.05) is 11.1 Å². The van der Waals surface area contributed by atoms with Gasteiger partial charge in [0.2, 0.25) is 0 Å². The molecule has 2 aromatic rings. The summed E-state index contributed by atoms with van der Waals surface area (Å²) in [5.41, 5.74) is 7.42. The molecule has 0 aliphatic heterocycles. The number of nitrogens with one attached hydrogen (secondary N) is 3. The van der Waals surface area contributed by atoms with E-state index in [9.17, 15) is 14.4 Å². The predicted molar refractivity (Wildman–Crippen MR) is 117 cm³/mol. The van der Waals surface area contributed by atoms with Crippen LogP contribution in [0.25, 0.3) is 0 Å². The number of hydrogen-bond acceptors (Lipinski definition) is 5. The van der Waals surface area contributed by atoms with Crippen LogP contribution in [0.1, 0.15) is 51.6 Å². The fourth-order valence-corrected chi connectivity index (χ4v) is 2.64. The lowest BCUT2D eigenvalue weighted by atomic mass is 10.1.